The predicted octanol–water partition coefficient (Wildman–Crippen LogP) is 2.38. The third-order valence-corrected chi connectivity index (χ3v) is 2.94. The van der Waals surface area contributed by atoms with Crippen molar-refractivity contribution in [2.75, 3.05) is 0 Å². The largest absolute Gasteiger partial charge is 0.462 e. The van der Waals surface area contributed by atoms with E-state index in [0.717, 1.165) is 12.0 Å². The van der Waals surface area contributed by atoms with E-state index < -0.39 is 5.92 Å². The molecule has 0 spiro atoms. The van der Waals surface area contributed by atoms with Gasteiger partial charge in [-0.25, -0.2) is 0 Å². The first-order valence-corrected chi connectivity index (χ1v) is 5.92. The van der Waals surface area contributed by atoms with Crippen LogP contribution in [0.2, 0.25) is 0 Å². The highest BCUT2D eigenvalue weighted by Gasteiger charge is 2.33. The van der Waals surface area contributed by atoms with E-state index in [1.165, 1.54) is 0 Å². The minimum absolute atomic E-state index is 0.0995. The molecule has 0 aromatic heterocycles. The molecule has 1 aromatic carbocycles. The minimum Gasteiger partial charge on any atom is -0.462 e. The van der Waals surface area contributed by atoms with Crippen molar-refractivity contribution in [2.45, 2.75) is 32.8 Å². The zero-order valence-corrected chi connectivity index (χ0v) is 10.1. The summed E-state index contributed by atoms with van der Waals surface area (Å²) in [7, 11) is 0. The Morgan fingerprint density at radius 1 is 1.35 bits per heavy atom. The average molecular weight is 232 g/mol. The molecule has 1 unspecified atom stereocenters. The summed E-state index contributed by atoms with van der Waals surface area (Å²) < 4.78 is 5.12. The summed E-state index contributed by atoms with van der Waals surface area (Å²) in [6, 6.07) is 7.47. The van der Waals surface area contributed by atoms with Gasteiger partial charge < -0.3 is 4.74 Å². The van der Waals surface area contributed by atoms with Crippen LogP contribution in [0.4, 0.5) is 0 Å². The second kappa shape index (κ2) is 4.70. The molecule has 0 bridgehead atoms. The lowest BCUT2D eigenvalue weighted by Crippen LogP contribution is -2.32. The van der Waals surface area contributed by atoms with Gasteiger partial charge in [-0.1, -0.05) is 24.3 Å². The molecule has 0 heterocycles. The van der Waals surface area contributed by atoms with E-state index in [1.54, 1.807) is 19.9 Å². The van der Waals surface area contributed by atoms with Crippen LogP contribution < -0.4 is 0 Å². The third kappa shape index (κ3) is 2.38. The number of Topliss-reactive ketones (excluding diaryl/α,β-unsaturated/α-hetero) is 1. The number of aryl methyl sites for hydroxylation is 1. The lowest BCUT2D eigenvalue weighted by Gasteiger charge is -2.22. The highest BCUT2D eigenvalue weighted by molar-refractivity contribution is 6.10. The van der Waals surface area contributed by atoms with E-state index >= 15 is 0 Å². The van der Waals surface area contributed by atoms with Crippen LogP contribution in [0.1, 0.15) is 36.2 Å². The van der Waals surface area contributed by atoms with E-state index in [0.29, 0.717) is 12.0 Å². The molecule has 3 heteroatoms. The highest BCUT2D eigenvalue weighted by Crippen LogP contribution is 2.26. The van der Waals surface area contributed by atoms with Crippen molar-refractivity contribution in [1.82, 2.24) is 0 Å². The number of fused-ring (bicyclic) bond motifs is 1. The van der Waals surface area contributed by atoms with Gasteiger partial charge in [0.25, 0.3) is 0 Å². The lowest BCUT2D eigenvalue weighted by atomic mass is 9.83. The summed E-state index contributed by atoms with van der Waals surface area (Å²) in [5.41, 5.74) is 1.70. The average Bonchev–Trinajstić information content (AvgIpc) is 2.28. The minimum atomic E-state index is -0.618. The van der Waals surface area contributed by atoms with E-state index in [1.807, 2.05) is 18.2 Å². The second-order valence-electron chi connectivity index (χ2n) is 4.60. The van der Waals surface area contributed by atoms with Crippen molar-refractivity contribution in [3.63, 3.8) is 0 Å². The molecule has 90 valence electrons. The number of carbonyl (C=O) groups is 2. The summed E-state index contributed by atoms with van der Waals surface area (Å²) >= 11 is 0. The van der Waals surface area contributed by atoms with Crippen LogP contribution >= 0.6 is 0 Å². The van der Waals surface area contributed by atoms with Gasteiger partial charge in [0.2, 0.25) is 0 Å². The topological polar surface area (TPSA) is 43.4 Å². The van der Waals surface area contributed by atoms with Crippen LogP contribution in [0.5, 0.6) is 0 Å². The molecule has 0 radical (unpaired) electrons. The Balaban J connectivity index is 2.20. The molecular weight excluding hydrogens is 216 g/mol. The highest BCUT2D eigenvalue weighted by atomic mass is 16.5. The fourth-order valence-electron chi connectivity index (χ4n) is 2.14. The van der Waals surface area contributed by atoms with Gasteiger partial charge in [-0.2, -0.15) is 0 Å². The number of hydrogen-bond acceptors (Lipinski definition) is 3. The number of rotatable bonds is 2. The van der Waals surface area contributed by atoms with Crippen molar-refractivity contribution >= 4 is 11.8 Å². The van der Waals surface area contributed by atoms with Crippen LogP contribution in [0.25, 0.3) is 0 Å². The summed E-state index contributed by atoms with van der Waals surface area (Å²) in [6.45, 7) is 3.58. The van der Waals surface area contributed by atoms with E-state index in [-0.39, 0.29) is 17.9 Å². The summed E-state index contributed by atoms with van der Waals surface area (Å²) in [4.78, 5) is 23.9. The van der Waals surface area contributed by atoms with Crippen molar-refractivity contribution in [2.24, 2.45) is 5.92 Å². The van der Waals surface area contributed by atoms with Gasteiger partial charge >= 0.3 is 5.97 Å². The molecule has 0 N–H and O–H groups in total. The summed E-state index contributed by atoms with van der Waals surface area (Å²) in [5.74, 6) is -1.11. The summed E-state index contributed by atoms with van der Waals surface area (Å²) in [5, 5.41) is 0. The fourth-order valence-corrected chi connectivity index (χ4v) is 2.14. The van der Waals surface area contributed by atoms with Crippen LogP contribution in [-0.2, 0) is 16.0 Å². The lowest BCUT2D eigenvalue weighted by molar-refractivity contribution is -0.150. The molecule has 0 aliphatic heterocycles. The Kier molecular flexibility index (Phi) is 3.27. The van der Waals surface area contributed by atoms with Gasteiger partial charge in [0.05, 0.1) is 6.10 Å². The Morgan fingerprint density at radius 2 is 2.06 bits per heavy atom. The van der Waals surface area contributed by atoms with E-state index in [2.05, 4.69) is 0 Å². The van der Waals surface area contributed by atoms with E-state index in [4.69, 9.17) is 4.74 Å². The quantitative estimate of drug-likeness (QED) is 0.581. The van der Waals surface area contributed by atoms with Crippen LogP contribution in [0, 0.1) is 5.92 Å². The van der Waals surface area contributed by atoms with Crippen molar-refractivity contribution in [1.29, 1.82) is 0 Å². The SMILES string of the molecule is CC(C)OC(=O)C1CCc2ccccc2C1=O. The first-order valence-electron chi connectivity index (χ1n) is 5.92. The normalized spacial score (nSPS) is 19.0. The van der Waals surface area contributed by atoms with Crippen molar-refractivity contribution in [3.8, 4) is 0 Å². The summed E-state index contributed by atoms with van der Waals surface area (Å²) in [6.07, 6.45) is 1.15. The molecule has 0 amide bonds. The molecule has 0 saturated carbocycles. The number of ether oxygens (including phenoxy) is 1. The number of ketones is 1. The maximum absolute atomic E-state index is 12.1. The van der Waals surface area contributed by atoms with Gasteiger partial charge in [0.1, 0.15) is 5.92 Å². The van der Waals surface area contributed by atoms with Crippen molar-refractivity contribution in [3.05, 3.63) is 35.4 Å². The zero-order valence-electron chi connectivity index (χ0n) is 10.1. The Labute approximate surface area is 101 Å². The number of benzene rings is 1. The Hall–Kier alpha value is -1.64. The number of esters is 1. The van der Waals surface area contributed by atoms with Crippen molar-refractivity contribution < 1.29 is 14.3 Å². The van der Waals surface area contributed by atoms with E-state index in [9.17, 15) is 9.59 Å². The smallest absolute Gasteiger partial charge is 0.317 e. The Bertz CT molecular complexity index is 449. The molecule has 1 aliphatic rings. The van der Waals surface area contributed by atoms with Gasteiger partial charge in [0.15, 0.2) is 5.78 Å². The number of hydrogen-bond donors (Lipinski definition) is 0. The molecule has 17 heavy (non-hydrogen) atoms. The maximum Gasteiger partial charge on any atom is 0.317 e. The van der Waals surface area contributed by atoms with Gasteiger partial charge in [0, 0.05) is 5.56 Å². The molecule has 2 rings (SSSR count). The first-order chi connectivity index (χ1) is 8.09. The van der Waals surface area contributed by atoms with Crippen LogP contribution in [0.15, 0.2) is 24.3 Å². The monoisotopic (exact) mass is 232 g/mol. The zero-order chi connectivity index (χ0) is 12.4. The second-order valence-corrected chi connectivity index (χ2v) is 4.60. The van der Waals surface area contributed by atoms with Crippen LogP contribution in [-0.4, -0.2) is 17.9 Å². The third-order valence-electron chi connectivity index (χ3n) is 2.94. The molecule has 1 aromatic rings. The van der Waals surface area contributed by atoms with Gasteiger partial charge in [-0.15, -0.1) is 0 Å². The molecule has 0 fully saturated rings. The molecule has 0 saturated heterocycles. The maximum atomic E-state index is 12.1. The molecule has 1 atom stereocenters. The standard InChI is InChI=1S/C14H16O3/c1-9(2)17-14(16)12-8-7-10-5-3-4-6-11(10)13(12)15/h3-6,9,12H,7-8H2,1-2H3. The van der Waals surface area contributed by atoms with Gasteiger partial charge in [-0.05, 0) is 32.3 Å². The predicted molar refractivity (Wildman–Crippen MR) is 63.8 cm³/mol. The first kappa shape index (κ1) is 11.8. The molecule has 3 nitrogen and oxygen atoms in total. The molecular formula is C14H16O3. The Morgan fingerprint density at radius 3 is 2.76 bits per heavy atom. The fraction of sp³-hybridized carbons (Fsp3) is 0.429. The van der Waals surface area contributed by atoms with Gasteiger partial charge in [-0.3, -0.25) is 9.59 Å². The molecule has 1 aliphatic carbocycles. The van der Waals surface area contributed by atoms with Crippen LogP contribution in [0.3, 0.4) is 0 Å². The number of carbonyl (C=O) groups excluding carboxylic acids is 2.